The number of fused-ring (bicyclic) bond motifs is 1. The zero-order valence-corrected chi connectivity index (χ0v) is 14.2. The monoisotopic (exact) mass is 334 g/mol. The number of carbonyl (C=O) groups excluding carboxylic acids is 1. The van der Waals surface area contributed by atoms with Gasteiger partial charge in [0.15, 0.2) is 0 Å². The molecule has 1 aliphatic heterocycles. The van der Waals surface area contributed by atoms with E-state index in [1.54, 1.807) is 0 Å². The maximum absolute atomic E-state index is 12.5. The molecule has 0 saturated carbocycles. The molecule has 0 spiro atoms. The molecule has 2 heterocycles. The molecule has 5 heteroatoms. The molecule has 1 fully saturated rings. The summed E-state index contributed by atoms with van der Waals surface area (Å²) in [6, 6.07) is 7.83. The normalized spacial score (nSPS) is 20.0. The van der Waals surface area contributed by atoms with E-state index >= 15 is 0 Å². The number of hydrogen-bond donors (Lipinski definition) is 1. The van der Waals surface area contributed by atoms with Crippen molar-refractivity contribution in [3.63, 3.8) is 0 Å². The van der Waals surface area contributed by atoms with Crippen LogP contribution in [-0.2, 0) is 11.3 Å². The van der Waals surface area contributed by atoms with Crippen molar-refractivity contribution in [2.75, 3.05) is 13.1 Å². The molecule has 2 aromatic rings. The molecule has 1 N–H and O–H groups in total. The third kappa shape index (κ3) is 3.70. The summed E-state index contributed by atoms with van der Waals surface area (Å²) in [4.78, 5) is 14.4. The van der Waals surface area contributed by atoms with Gasteiger partial charge in [0.2, 0.25) is 5.91 Å². The second kappa shape index (κ2) is 6.93. The number of rotatable bonds is 4. The average molecular weight is 335 g/mol. The fourth-order valence-electron chi connectivity index (χ4n) is 3.37. The number of aliphatic hydroxyl groups is 1. The Morgan fingerprint density at radius 1 is 1.43 bits per heavy atom. The van der Waals surface area contributed by atoms with Gasteiger partial charge in [0.1, 0.15) is 0 Å². The van der Waals surface area contributed by atoms with E-state index in [1.807, 2.05) is 42.3 Å². The fraction of sp³-hybridized carbons (Fsp3) is 0.500. The Balaban J connectivity index is 1.62. The molecule has 23 heavy (non-hydrogen) atoms. The number of aromatic nitrogens is 1. The standard InChI is InChI=1S/C18H23ClN2O2/c1-13(22)15-3-2-8-21(12-15)18(23)7-10-20-9-6-14-11-16(19)4-5-17(14)20/h4-6,9,11,13,15,22H,2-3,7-8,10,12H2,1H3. The van der Waals surface area contributed by atoms with Crippen molar-refractivity contribution >= 4 is 28.4 Å². The third-order valence-electron chi connectivity index (χ3n) is 4.79. The first kappa shape index (κ1) is 16.3. The summed E-state index contributed by atoms with van der Waals surface area (Å²) in [6.45, 7) is 3.97. The molecule has 1 aromatic carbocycles. The molecule has 1 aliphatic rings. The summed E-state index contributed by atoms with van der Waals surface area (Å²) >= 11 is 6.01. The Kier molecular flexibility index (Phi) is 4.93. The van der Waals surface area contributed by atoms with Crippen molar-refractivity contribution in [2.45, 2.75) is 38.8 Å². The number of hydrogen-bond acceptors (Lipinski definition) is 2. The summed E-state index contributed by atoms with van der Waals surface area (Å²) in [6.07, 6.45) is 4.13. The quantitative estimate of drug-likeness (QED) is 0.932. The van der Waals surface area contributed by atoms with E-state index in [1.165, 1.54) is 0 Å². The van der Waals surface area contributed by atoms with Gasteiger partial charge in [-0.1, -0.05) is 11.6 Å². The van der Waals surface area contributed by atoms with E-state index < -0.39 is 0 Å². The summed E-state index contributed by atoms with van der Waals surface area (Å²) in [5, 5.41) is 11.6. The van der Waals surface area contributed by atoms with Crippen LogP contribution in [0.4, 0.5) is 0 Å². The van der Waals surface area contributed by atoms with Crippen molar-refractivity contribution in [1.82, 2.24) is 9.47 Å². The lowest BCUT2D eigenvalue weighted by atomic mass is 9.93. The summed E-state index contributed by atoms with van der Waals surface area (Å²) < 4.78 is 2.10. The van der Waals surface area contributed by atoms with Crippen LogP contribution in [0.1, 0.15) is 26.2 Å². The Bertz CT molecular complexity index is 695. The van der Waals surface area contributed by atoms with Gasteiger partial charge in [-0.3, -0.25) is 4.79 Å². The van der Waals surface area contributed by atoms with Crippen molar-refractivity contribution in [3.8, 4) is 0 Å². The molecule has 1 amide bonds. The molecule has 1 aromatic heterocycles. The van der Waals surface area contributed by atoms with E-state index in [4.69, 9.17) is 11.6 Å². The third-order valence-corrected chi connectivity index (χ3v) is 5.03. The largest absolute Gasteiger partial charge is 0.393 e. The number of aliphatic hydroxyl groups excluding tert-OH is 1. The highest BCUT2D eigenvalue weighted by molar-refractivity contribution is 6.31. The lowest BCUT2D eigenvalue weighted by Gasteiger charge is -2.34. The lowest BCUT2D eigenvalue weighted by molar-refractivity contribution is -0.134. The SMILES string of the molecule is CC(O)C1CCCN(C(=O)CCn2ccc3cc(Cl)ccc32)C1. The maximum Gasteiger partial charge on any atom is 0.224 e. The van der Waals surface area contributed by atoms with Gasteiger partial charge in [-0.05, 0) is 44.0 Å². The molecule has 0 bridgehead atoms. The van der Waals surface area contributed by atoms with Crippen molar-refractivity contribution in [1.29, 1.82) is 0 Å². The van der Waals surface area contributed by atoms with E-state index in [9.17, 15) is 9.90 Å². The summed E-state index contributed by atoms with van der Waals surface area (Å²) in [7, 11) is 0. The molecule has 2 unspecified atom stereocenters. The van der Waals surface area contributed by atoms with E-state index in [0.717, 1.165) is 35.3 Å². The number of amides is 1. The van der Waals surface area contributed by atoms with Crippen molar-refractivity contribution < 1.29 is 9.90 Å². The molecule has 124 valence electrons. The van der Waals surface area contributed by atoms with Gasteiger partial charge in [0, 0.05) is 54.1 Å². The zero-order chi connectivity index (χ0) is 16.4. The maximum atomic E-state index is 12.5. The Labute approximate surface area is 141 Å². The minimum Gasteiger partial charge on any atom is -0.393 e. The van der Waals surface area contributed by atoms with E-state index in [-0.39, 0.29) is 17.9 Å². The van der Waals surface area contributed by atoms with E-state index in [0.29, 0.717) is 19.5 Å². The van der Waals surface area contributed by atoms with Crippen LogP contribution in [-0.4, -0.2) is 39.7 Å². The van der Waals surface area contributed by atoms with Gasteiger partial charge in [-0.2, -0.15) is 0 Å². The van der Waals surface area contributed by atoms with Crippen LogP contribution < -0.4 is 0 Å². The topological polar surface area (TPSA) is 45.5 Å². The van der Waals surface area contributed by atoms with Gasteiger partial charge in [-0.15, -0.1) is 0 Å². The van der Waals surface area contributed by atoms with Gasteiger partial charge < -0.3 is 14.6 Å². The smallest absolute Gasteiger partial charge is 0.224 e. The minimum atomic E-state index is -0.344. The molecule has 3 rings (SSSR count). The molecule has 2 atom stereocenters. The lowest BCUT2D eigenvalue weighted by Crippen LogP contribution is -2.43. The van der Waals surface area contributed by atoms with Crippen LogP contribution in [0, 0.1) is 5.92 Å². The second-order valence-electron chi connectivity index (χ2n) is 6.44. The van der Waals surface area contributed by atoms with Gasteiger partial charge in [0.25, 0.3) is 0 Å². The molecule has 1 saturated heterocycles. The zero-order valence-electron chi connectivity index (χ0n) is 13.4. The second-order valence-corrected chi connectivity index (χ2v) is 6.88. The van der Waals surface area contributed by atoms with Crippen molar-refractivity contribution in [3.05, 3.63) is 35.5 Å². The summed E-state index contributed by atoms with van der Waals surface area (Å²) in [5.41, 5.74) is 1.10. The predicted molar refractivity (Wildman–Crippen MR) is 92.5 cm³/mol. The number of aryl methyl sites for hydroxylation is 1. The van der Waals surface area contributed by atoms with Crippen LogP contribution in [0.3, 0.4) is 0 Å². The number of halogens is 1. The summed E-state index contributed by atoms with van der Waals surface area (Å²) in [5.74, 6) is 0.383. The van der Waals surface area contributed by atoms with Crippen LogP contribution in [0.2, 0.25) is 5.02 Å². The molecular weight excluding hydrogens is 312 g/mol. The number of nitrogens with zero attached hydrogens (tertiary/aromatic N) is 2. The van der Waals surface area contributed by atoms with Gasteiger partial charge in [0.05, 0.1) is 6.10 Å². The fourth-order valence-corrected chi connectivity index (χ4v) is 3.55. The predicted octanol–water partition coefficient (Wildman–Crippen LogP) is 3.30. The van der Waals surface area contributed by atoms with Crippen LogP contribution in [0.15, 0.2) is 30.5 Å². The van der Waals surface area contributed by atoms with Crippen LogP contribution >= 0.6 is 11.6 Å². The number of carbonyl (C=O) groups is 1. The first-order chi connectivity index (χ1) is 11.0. The molecule has 0 radical (unpaired) electrons. The van der Waals surface area contributed by atoms with E-state index in [2.05, 4.69) is 4.57 Å². The Hall–Kier alpha value is -1.52. The van der Waals surface area contributed by atoms with Gasteiger partial charge >= 0.3 is 0 Å². The Morgan fingerprint density at radius 3 is 3.04 bits per heavy atom. The van der Waals surface area contributed by atoms with Crippen LogP contribution in [0.25, 0.3) is 10.9 Å². The number of benzene rings is 1. The minimum absolute atomic E-state index is 0.172. The first-order valence-electron chi connectivity index (χ1n) is 8.25. The molecule has 0 aliphatic carbocycles. The Morgan fingerprint density at radius 2 is 2.26 bits per heavy atom. The number of likely N-dealkylation sites (tertiary alicyclic amines) is 1. The highest BCUT2D eigenvalue weighted by Gasteiger charge is 2.26. The molecule has 4 nitrogen and oxygen atoms in total. The average Bonchev–Trinajstić information content (AvgIpc) is 2.94. The molecular formula is C18H23ClN2O2. The highest BCUT2D eigenvalue weighted by Crippen LogP contribution is 2.22. The van der Waals surface area contributed by atoms with Crippen LogP contribution in [0.5, 0.6) is 0 Å². The highest BCUT2D eigenvalue weighted by atomic mass is 35.5. The van der Waals surface area contributed by atoms with Crippen molar-refractivity contribution in [2.24, 2.45) is 5.92 Å². The van der Waals surface area contributed by atoms with Gasteiger partial charge in [-0.25, -0.2) is 0 Å². The first-order valence-corrected chi connectivity index (χ1v) is 8.62. The number of piperidine rings is 1.